The van der Waals surface area contributed by atoms with Gasteiger partial charge in [0.2, 0.25) is 0 Å². The summed E-state index contributed by atoms with van der Waals surface area (Å²) < 4.78 is 10.6. The minimum Gasteiger partial charge on any atom is -0.497 e. The van der Waals surface area contributed by atoms with E-state index in [0.29, 0.717) is 29.7 Å². The van der Waals surface area contributed by atoms with E-state index in [1.54, 1.807) is 14.2 Å². The third-order valence-corrected chi connectivity index (χ3v) is 5.05. The van der Waals surface area contributed by atoms with Crippen LogP contribution in [0.4, 0.5) is 11.5 Å². The van der Waals surface area contributed by atoms with Crippen molar-refractivity contribution in [1.29, 1.82) is 0 Å². The lowest BCUT2D eigenvalue weighted by atomic mass is 10.2. The number of hydrogen-bond donors (Lipinski definition) is 2. The van der Waals surface area contributed by atoms with Gasteiger partial charge in [-0.2, -0.15) is 0 Å². The van der Waals surface area contributed by atoms with Crippen LogP contribution in [-0.4, -0.2) is 62.8 Å². The fourth-order valence-electron chi connectivity index (χ4n) is 3.29. The summed E-state index contributed by atoms with van der Waals surface area (Å²) >= 11 is 0. The van der Waals surface area contributed by atoms with Gasteiger partial charge in [-0.05, 0) is 36.4 Å². The van der Waals surface area contributed by atoms with Gasteiger partial charge in [-0.3, -0.25) is 0 Å². The van der Waals surface area contributed by atoms with E-state index in [2.05, 4.69) is 38.1 Å². The van der Waals surface area contributed by atoms with Crippen molar-refractivity contribution in [2.45, 2.75) is 13.5 Å². The van der Waals surface area contributed by atoms with E-state index in [0.717, 1.165) is 44.1 Å². The smallest absolute Gasteiger partial charge is 0.193 e. The Morgan fingerprint density at radius 1 is 1.14 bits per heavy atom. The van der Waals surface area contributed by atoms with E-state index < -0.39 is 0 Å². The molecule has 8 nitrogen and oxygen atoms in total. The largest absolute Gasteiger partial charge is 0.497 e. The lowest BCUT2D eigenvalue weighted by Gasteiger charge is -2.34. The molecule has 2 aromatic rings. The number of nitrogens with one attached hydrogen (secondary N) is 1. The summed E-state index contributed by atoms with van der Waals surface area (Å²) in [6.07, 6.45) is 1.83. The van der Waals surface area contributed by atoms with Gasteiger partial charge in [0.05, 0.1) is 26.5 Å². The van der Waals surface area contributed by atoms with Crippen LogP contribution in [0.2, 0.25) is 0 Å². The van der Waals surface area contributed by atoms with Crippen molar-refractivity contribution in [3.63, 3.8) is 0 Å². The molecule has 156 valence electrons. The van der Waals surface area contributed by atoms with Crippen LogP contribution in [0.25, 0.3) is 0 Å². The molecule has 0 bridgehead atoms. The van der Waals surface area contributed by atoms with Crippen LogP contribution >= 0.6 is 0 Å². The molecular formula is C21H30N6O2. The van der Waals surface area contributed by atoms with Gasteiger partial charge in [-0.1, -0.05) is 6.92 Å². The summed E-state index contributed by atoms with van der Waals surface area (Å²) in [7, 11) is 3.23. The number of rotatable bonds is 7. The minimum absolute atomic E-state index is 0.312. The number of pyridine rings is 1. The van der Waals surface area contributed by atoms with Gasteiger partial charge in [0.25, 0.3) is 0 Å². The Morgan fingerprint density at radius 2 is 1.93 bits per heavy atom. The SMILES string of the molecule is CCN1CCN(c2cc(CN=C(N)Nc3cc(OC)ccc3OC)ccn2)CC1. The molecule has 0 saturated carbocycles. The fraction of sp³-hybridized carbons (Fsp3) is 0.429. The van der Waals surface area contributed by atoms with E-state index in [-0.39, 0.29) is 0 Å². The van der Waals surface area contributed by atoms with Crippen LogP contribution in [0.1, 0.15) is 12.5 Å². The average molecular weight is 399 g/mol. The van der Waals surface area contributed by atoms with Crippen molar-refractivity contribution in [3.05, 3.63) is 42.1 Å². The quantitative estimate of drug-likeness (QED) is 0.546. The number of nitrogens with zero attached hydrogens (tertiary/aromatic N) is 4. The molecule has 2 heterocycles. The number of aliphatic imine (C=N–C) groups is 1. The number of aromatic nitrogens is 1. The number of likely N-dealkylation sites (N-methyl/N-ethyl adjacent to an activating group) is 1. The molecule has 0 atom stereocenters. The van der Waals surface area contributed by atoms with Gasteiger partial charge < -0.3 is 30.3 Å². The van der Waals surface area contributed by atoms with Crippen molar-refractivity contribution < 1.29 is 9.47 Å². The van der Waals surface area contributed by atoms with Gasteiger partial charge >= 0.3 is 0 Å². The summed E-state index contributed by atoms with van der Waals surface area (Å²) in [5, 5.41) is 3.09. The van der Waals surface area contributed by atoms with Crippen molar-refractivity contribution in [2.75, 3.05) is 57.2 Å². The second-order valence-corrected chi connectivity index (χ2v) is 6.84. The molecule has 0 amide bonds. The normalized spacial score (nSPS) is 15.3. The van der Waals surface area contributed by atoms with Crippen LogP contribution in [0.3, 0.4) is 0 Å². The second kappa shape index (κ2) is 9.97. The first-order valence-electron chi connectivity index (χ1n) is 9.84. The van der Waals surface area contributed by atoms with Gasteiger partial charge in [0.1, 0.15) is 17.3 Å². The first kappa shape index (κ1) is 20.7. The number of methoxy groups -OCH3 is 2. The molecule has 1 aromatic heterocycles. The number of benzene rings is 1. The summed E-state index contributed by atoms with van der Waals surface area (Å²) in [4.78, 5) is 13.8. The zero-order valence-corrected chi connectivity index (χ0v) is 17.4. The predicted molar refractivity (Wildman–Crippen MR) is 117 cm³/mol. The van der Waals surface area contributed by atoms with Crippen molar-refractivity contribution in [2.24, 2.45) is 10.7 Å². The zero-order valence-electron chi connectivity index (χ0n) is 17.4. The molecule has 3 N–H and O–H groups in total. The Balaban J connectivity index is 1.64. The van der Waals surface area contributed by atoms with Crippen molar-refractivity contribution >= 4 is 17.5 Å². The highest BCUT2D eigenvalue weighted by Gasteiger charge is 2.16. The predicted octanol–water partition coefficient (Wildman–Crippen LogP) is 2.17. The third kappa shape index (κ3) is 5.51. The number of piperazine rings is 1. The maximum absolute atomic E-state index is 6.09. The zero-order chi connectivity index (χ0) is 20.6. The first-order valence-corrected chi connectivity index (χ1v) is 9.84. The Labute approximate surface area is 172 Å². The topological polar surface area (TPSA) is 88.2 Å². The van der Waals surface area contributed by atoms with Crippen LogP contribution in [0.15, 0.2) is 41.5 Å². The van der Waals surface area contributed by atoms with E-state index in [1.807, 2.05) is 30.5 Å². The highest BCUT2D eigenvalue weighted by molar-refractivity contribution is 5.94. The van der Waals surface area contributed by atoms with Gasteiger partial charge in [0, 0.05) is 38.4 Å². The Kier molecular flexibility index (Phi) is 7.13. The van der Waals surface area contributed by atoms with E-state index >= 15 is 0 Å². The highest BCUT2D eigenvalue weighted by atomic mass is 16.5. The van der Waals surface area contributed by atoms with Crippen LogP contribution < -0.4 is 25.4 Å². The molecule has 0 radical (unpaired) electrons. The van der Waals surface area contributed by atoms with E-state index in [9.17, 15) is 0 Å². The summed E-state index contributed by atoms with van der Waals surface area (Å²) in [6, 6.07) is 9.53. The fourth-order valence-corrected chi connectivity index (χ4v) is 3.29. The second-order valence-electron chi connectivity index (χ2n) is 6.84. The summed E-state index contributed by atoms with van der Waals surface area (Å²) in [6.45, 7) is 7.89. The molecule has 0 spiro atoms. The van der Waals surface area contributed by atoms with E-state index in [1.165, 1.54) is 0 Å². The molecule has 8 heteroatoms. The average Bonchev–Trinajstić information content (AvgIpc) is 2.78. The molecule has 0 unspecified atom stereocenters. The van der Waals surface area contributed by atoms with Gasteiger partial charge in [-0.25, -0.2) is 9.98 Å². The van der Waals surface area contributed by atoms with Gasteiger partial charge in [-0.15, -0.1) is 0 Å². The maximum Gasteiger partial charge on any atom is 0.193 e. The number of hydrogen-bond acceptors (Lipinski definition) is 6. The molecule has 1 saturated heterocycles. The van der Waals surface area contributed by atoms with Crippen LogP contribution in [0.5, 0.6) is 11.5 Å². The summed E-state index contributed by atoms with van der Waals surface area (Å²) in [5.74, 6) is 2.69. The molecule has 29 heavy (non-hydrogen) atoms. The van der Waals surface area contributed by atoms with Gasteiger partial charge in [0.15, 0.2) is 5.96 Å². The number of ether oxygens (including phenoxy) is 2. The third-order valence-electron chi connectivity index (χ3n) is 5.05. The Hall–Kier alpha value is -3.00. The molecular weight excluding hydrogens is 368 g/mol. The molecule has 1 aliphatic rings. The Bertz CT molecular complexity index is 834. The first-order chi connectivity index (χ1) is 14.1. The number of guanidine groups is 1. The Morgan fingerprint density at radius 3 is 2.62 bits per heavy atom. The molecule has 0 aliphatic carbocycles. The lowest BCUT2D eigenvalue weighted by Crippen LogP contribution is -2.46. The maximum atomic E-state index is 6.09. The van der Waals surface area contributed by atoms with Crippen LogP contribution in [-0.2, 0) is 6.54 Å². The monoisotopic (exact) mass is 398 g/mol. The van der Waals surface area contributed by atoms with Crippen LogP contribution in [0, 0.1) is 0 Å². The van der Waals surface area contributed by atoms with E-state index in [4.69, 9.17) is 15.2 Å². The molecule has 1 fully saturated rings. The molecule has 1 aliphatic heterocycles. The standard InChI is InChI=1S/C21H30N6O2/c1-4-26-9-11-27(12-10-26)20-13-16(7-8-23-20)15-24-21(22)25-18-14-17(28-2)5-6-19(18)29-3/h5-8,13-14H,4,9-12,15H2,1-3H3,(H3,22,24,25). The molecule has 3 rings (SSSR count). The highest BCUT2D eigenvalue weighted by Crippen LogP contribution is 2.28. The number of nitrogens with two attached hydrogens (primary N) is 1. The minimum atomic E-state index is 0.312. The number of anilines is 2. The van der Waals surface area contributed by atoms with Crippen molar-refractivity contribution in [3.8, 4) is 11.5 Å². The lowest BCUT2D eigenvalue weighted by molar-refractivity contribution is 0.270. The molecule has 1 aromatic carbocycles. The summed E-state index contributed by atoms with van der Waals surface area (Å²) in [5.41, 5.74) is 7.86. The van der Waals surface area contributed by atoms with Crippen molar-refractivity contribution in [1.82, 2.24) is 9.88 Å².